The molecule has 3 aliphatic rings. The summed E-state index contributed by atoms with van der Waals surface area (Å²) in [6.45, 7) is 3.21. The summed E-state index contributed by atoms with van der Waals surface area (Å²) in [4.78, 5) is 0. The Morgan fingerprint density at radius 1 is 0.590 bits per heavy atom. The van der Waals surface area contributed by atoms with Crippen LogP contribution in [0.4, 0.5) is 74.6 Å². The molecule has 0 N–H and O–H groups in total. The van der Waals surface area contributed by atoms with Gasteiger partial charge in [-0.05, 0) is 55.5 Å². The zero-order valence-electron chi connectivity index (χ0n) is 33.2. The van der Waals surface area contributed by atoms with Gasteiger partial charge >= 0.3 is 199 Å². The van der Waals surface area contributed by atoms with E-state index >= 15 is 0 Å². The van der Waals surface area contributed by atoms with Crippen LogP contribution in [-0.4, -0.2) is 75.3 Å². The quantitative estimate of drug-likeness (QED) is 0.0911. The van der Waals surface area contributed by atoms with Crippen molar-refractivity contribution in [3.05, 3.63) is 29.3 Å². The van der Waals surface area contributed by atoms with Crippen molar-refractivity contribution in [3.8, 4) is 5.75 Å². The SMILES string of the molecule is C1CCC(P(C2CCCCC2)C2CCCCC2)CC1.CC(C)Oc1ccc(CCCC(F)(F)C(F)(F)C(F)(F)C(F)(F)C(F)(F)C(F)(F)C(F)(F)C(F)(F)F)cc1[CH]=[Ru]([Cl])[Cl]. The maximum absolute atomic E-state index is 14.1. The number of alkyl halides is 17. The van der Waals surface area contributed by atoms with Crippen molar-refractivity contribution in [2.75, 3.05) is 0 Å². The van der Waals surface area contributed by atoms with Gasteiger partial charge < -0.3 is 0 Å². The van der Waals surface area contributed by atoms with E-state index in [4.69, 9.17) is 24.1 Å². The second-order valence-electron chi connectivity index (χ2n) is 16.2. The minimum atomic E-state index is -8.64. The third-order valence-electron chi connectivity index (χ3n) is 11.4. The molecule has 0 spiro atoms. The van der Waals surface area contributed by atoms with Crippen LogP contribution in [0.5, 0.6) is 5.75 Å². The van der Waals surface area contributed by atoms with Gasteiger partial charge in [0.25, 0.3) is 0 Å². The molecule has 0 saturated heterocycles. The minimum absolute atomic E-state index is 0.00197. The Bertz CT molecular complexity index is 1530. The van der Waals surface area contributed by atoms with Gasteiger partial charge in [-0.3, -0.25) is 0 Å². The van der Waals surface area contributed by atoms with Crippen LogP contribution >= 0.6 is 27.3 Å². The molecule has 0 aromatic heterocycles. The molecule has 1 nitrogen and oxygen atoms in total. The predicted molar refractivity (Wildman–Crippen MR) is 200 cm³/mol. The summed E-state index contributed by atoms with van der Waals surface area (Å²) in [6.07, 6.45) is 10.9. The number of hydrogen-bond acceptors (Lipinski definition) is 1. The van der Waals surface area contributed by atoms with E-state index in [-0.39, 0.29) is 16.9 Å². The van der Waals surface area contributed by atoms with Crippen LogP contribution < -0.4 is 4.74 Å². The number of ether oxygens (including phenoxy) is 1. The van der Waals surface area contributed by atoms with Crippen molar-refractivity contribution in [2.45, 2.75) is 200 Å². The number of aryl methyl sites for hydroxylation is 1. The molecule has 3 aliphatic carbocycles. The van der Waals surface area contributed by atoms with Gasteiger partial charge in [-0.2, -0.15) is 39.5 Å². The standard InChI is InChI=1S/C21H17F17O.C18H33P.2ClH.Ru/c1-10(2)39-13-7-6-12(9-11(13)3)5-4-8-14(22,23)15(24,25)16(26,27)17(28,29)18(30,31)19(32,33)20(34,35)21(36,37)38;1-4-10-16(11-5-1)19(17-12-6-2-7-13-17)18-14-8-3-9-15-18;;;/h3,6-7,9-10H,4-5,8H2,1-2H3;16-18H,1-15H2;2*1H;/q;;;;+2/p-2. The predicted octanol–water partition coefficient (Wildman–Crippen LogP) is 16.3. The number of halogens is 19. The molecule has 0 unspecified atom stereocenters. The monoisotopic (exact) mass is 1060 g/mol. The van der Waals surface area contributed by atoms with E-state index in [1.54, 1.807) is 90.9 Å². The fourth-order valence-electron chi connectivity index (χ4n) is 8.18. The van der Waals surface area contributed by atoms with Crippen LogP contribution in [-0.2, 0) is 19.9 Å². The number of rotatable bonds is 16. The summed E-state index contributed by atoms with van der Waals surface area (Å²) in [7, 11) is 11.9. The molecule has 0 atom stereocenters. The molecular weight excluding hydrogens is 1010 g/mol. The van der Waals surface area contributed by atoms with Gasteiger partial charge in [-0.15, -0.1) is 0 Å². The maximum atomic E-state index is 14.1. The van der Waals surface area contributed by atoms with Crippen molar-refractivity contribution in [3.63, 3.8) is 0 Å². The molecule has 0 aliphatic heterocycles. The molecule has 0 bridgehead atoms. The second kappa shape index (κ2) is 21.3. The van der Waals surface area contributed by atoms with Crippen molar-refractivity contribution >= 4 is 31.9 Å². The topological polar surface area (TPSA) is 9.23 Å². The Balaban J connectivity index is 0.000000427. The fourth-order valence-corrected chi connectivity index (χ4v) is 14.6. The molecule has 3 fully saturated rings. The second-order valence-corrected chi connectivity index (χ2v) is 25.0. The van der Waals surface area contributed by atoms with Crippen LogP contribution in [0.15, 0.2) is 18.2 Å². The first-order valence-corrected chi connectivity index (χ1v) is 27.0. The average molecular weight is 1060 g/mol. The van der Waals surface area contributed by atoms with Crippen LogP contribution in [0.25, 0.3) is 0 Å². The molecule has 1 aromatic carbocycles. The van der Waals surface area contributed by atoms with E-state index in [0.717, 1.165) is 6.07 Å². The summed E-state index contributed by atoms with van der Waals surface area (Å²) in [6, 6.07) is 3.59. The zero-order valence-corrected chi connectivity index (χ0v) is 37.4. The summed E-state index contributed by atoms with van der Waals surface area (Å²) in [5.41, 5.74) is 3.75. The van der Waals surface area contributed by atoms with Crippen molar-refractivity contribution in [1.29, 1.82) is 0 Å². The van der Waals surface area contributed by atoms with Gasteiger partial charge in [-0.1, -0.05) is 65.7 Å². The van der Waals surface area contributed by atoms with Crippen LogP contribution in [0.1, 0.15) is 134 Å². The van der Waals surface area contributed by atoms with Gasteiger partial charge in [0.15, 0.2) is 0 Å². The third-order valence-corrected chi connectivity index (χ3v) is 17.3. The molecular formula is C39H50Cl2F17OPRu. The van der Waals surface area contributed by atoms with Gasteiger partial charge in [0, 0.05) is 0 Å². The van der Waals surface area contributed by atoms with Gasteiger partial charge in [-0.25, -0.2) is 0 Å². The summed E-state index contributed by atoms with van der Waals surface area (Å²) < 4.78 is 234. The van der Waals surface area contributed by atoms with E-state index < -0.39 is 86.5 Å². The number of hydrogen-bond donors (Lipinski definition) is 0. The number of benzene rings is 1. The van der Waals surface area contributed by atoms with Gasteiger partial charge in [0.05, 0.1) is 0 Å². The Labute approximate surface area is 358 Å². The molecule has 3 saturated carbocycles. The first-order valence-electron chi connectivity index (χ1n) is 20.0. The van der Waals surface area contributed by atoms with Crippen LogP contribution in [0, 0.1) is 0 Å². The van der Waals surface area contributed by atoms with E-state index in [1.165, 1.54) is 53.0 Å². The normalized spacial score (nSPS) is 19.5. The third kappa shape index (κ3) is 12.2. The molecule has 0 heterocycles. The Morgan fingerprint density at radius 2 is 0.967 bits per heavy atom. The summed E-state index contributed by atoms with van der Waals surface area (Å²) in [5.74, 6) is -56.1. The van der Waals surface area contributed by atoms with E-state index in [9.17, 15) is 74.6 Å². The molecule has 0 amide bonds. The zero-order chi connectivity index (χ0) is 46.5. The van der Waals surface area contributed by atoms with E-state index in [0.29, 0.717) is 7.92 Å². The van der Waals surface area contributed by atoms with Crippen molar-refractivity contribution in [1.82, 2.24) is 0 Å². The average Bonchev–Trinajstić information content (AvgIpc) is 3.16. The Hall–Kier alpha value is -0.667. The van der Waals surface area contributed by atoms with E-state index in [1.807, 2.05) is 0 Å². The van der Waals surface area contributed by atoms with Crippen LogP contribution in [0.3, 0.4) is 0 Å². The fraction of sp³-hybridized carbons (Fsp3) is 0.821. The summed E-state index contributed by atoms with van der Waals surface area (Å²) >= 11 is -2.55. The first-order chi connectivity index (χ1) is 27.9. The molecule has 61 heavy (non-hydrogen) atoms. The Morgan fingerprint density at radius 3 is 1.33 bits per heavy atom. The van der Waals surface area contributed by atoms with Crippen LogP contribution in [0.2, 0.25) is 0 Å². The molecule has 1 aromatic rings. The van der Waals surface area contributed by atoms with Crippen molar-refractivity contribution < 1.29 is 92.9 Å². The van der Waals surface area contributed by atoms with Gasteiger partial charge in [0.2, 0.25) is 0 Å². The summed E-state index contributed by atoms with van der Waals surface area (Å²) in [5, 5.41) is 0. The van der Waals surface area contributed by atoms with Gasteiger partial charge in [0.1, 0.15) is 0 Å². The molecule has 22 heteroatoms. The molecule has 0 radical (unpaired) electrons. The first kappa shape index (κ1) is 54.7. The van der Waals surface area contributed by atoms with Crippen molar-refractivity contribution in [2.24, 2.45) is 0 Å². The van der Waals surface area contributed by atoms with E-state index in [2.05, 4.69) is 0 Å². The Kier molecular flexibility index (Phi) is 19.1. The molecule has 4 rings (SSSR count). The molecule has 358 valence electrons.